The molecule has 0 spiro atoms. The molecule has 0 aliphatic rings. The van der Waals surface area contributed by atoms with Crippen LogP contribution < -0.4 is 4.90 Å². The number of anilines is 3. The molecular formula is C50H33N3. The number of hydrogen-bond donors (Lipinski definition) is 0. The van der Waals surface area contributed by atoms with E-state index in [2.05, 4.69) is 214 Å². The summed E-state index contributed by atoms with van der Waals surface area (Å²) < 4.78 is 4.91. The van der Waals surface area contributed by atoms with Crippen molar-refractivity contribution in [3.63, 3.8) is 0 Å². The van der Waals surface area contributed by atoms with Crippen LogP contribution in [-0.2, 0) is 0 Å². The molecule has 0 saturated carbocycles. The van der Waals surface area contributed by atoms with E-state index in [0.717, 1.165) is 28.4 Å². The Morgan fingerprint density at radius 3 is 1.74 bits per heavy atom. The van der Waals surface area contributed by atoms with Crippen LogP contribution in [0.5, 0.6) is 0 Å². The van der Waals surface area contributed by atoms with Crippen molar-refractivity contribution in [3.8, 4) is 11.4 Å². The van der Waals surface area contributed by atoms with Crippen molar-refractivity contribution in [2.45, 2.75) is 0 Å². The Morgan fingerprint density at radius 1 is 0.321 bits per heavy atom. The first-order valence-corrected chi connectivity index (χ1v) is 18.2. The Kier molecular flexibility index (Phi) is 6.55. The van der Waals surface area contributed by atoms with Crippen molar-refractivity contribution < 1.29 is 0 Å². The molecule has 0 fully saturated rings. The molecule has 0 N–H and O–H groups in total. The molecule has 2 aromatic heterocycles. The highest BCUT2D eigenvalue weighted by Crippen LogP contribution is 2.43. The molecule has 11 rings (SSSR count). The van der Waals surface area contributed by atoms with Gasteiger partial charge < -0.3 is 14.0 Å². The van der Waals surface area contributed by atoms with Crippen molar-refractivity contribution >= 4 is 82.2 Å². The molecule has 248 valence electrons. The van der Waals surface area contributed by atoms with Crippen molar-refractivity contribution in [1.29, 1.82) is 0 Å². The largest absolute Gasteiger partial charge is 0.310 e. The number of benzene rings is 9. The number of hydrogen-bond acceptors (Lipinski definition) is 1. The van der Waals surface area contributed by atoms with Gasteiger partial charge in [0.05, 0.1) is 27.8 Å². The number of rotatable bonds is 5. The first-order chi connectivity index (χ1) is 26.3. The van der Waals surface area contributed by atoms with Crippen LogP contribution in [0.4, 0.5) is 17.1 Å². The van der Waals surface area contributed by atoms with Crippen LogP contribution in [0.15, 0.2) is 200 Å². The Hall–Kier alpha value is -7.10. The lowest BCUT2D eigenvalue weighted by Crippen LogP contribution is -2.10. The van der Waals surface area contributed by atoms with Gasteiger partial charge in [-0.3, -0.25) is 0 Å². The first kappa shape index (κ1) is 29.6. The highest BCUT2D eigenvalue weighted by molar-refractivity contribution is 6.26. The van der Waals surface area contributed by atoms with Crippen LogP contribution in [0.25, 0.3) is 76.5 Å². The fourth-order valence-electron chi connectivity index (χ4n) is 8.53. The summed E-state index contributed by atoms with van der Waals surface area (Å²) in [5, 5.41) is 9.92. The van der Waals surface area contributed by atoms with E-state index in [1.807, 2.05) is 0 Å². The second-order valence-electron chi connectivity index (χ2n) is 13.8. The molecule has 0 atom stereocenters. The van der Waals surface area contributed by atoms with E-state index < -0.39 is 0 Å². The van der Waals surface area contributed by atoms with Gasteiger partial charge in [-0.25, -0.2) is 0 Å². The predicted molar refractivity (Wildman–Crippen MR) is 225 cm³/mol. The zero-order chi connectivity index (χ0) is 34.9. The van der Waals surface area contributed by atoms with Gasteiger partial charge in [-0.1, -0.05) is 127 Å². The van der Waals surface area contributed by atoms with Gasteiger partial charge in [0.1, 0.15) is 0 Å². The maximum absolute atomic E-state index is 2.47. The normalized spacial score (nSPS) is 11.8. The second-order valence-corrected chi connectivity index (χ2v) is 13.8. The SMILES string of the molecule is c1ccc(N(c2ccc(-n3c4ccccc4c4ccc5c(c6ccccc6n5-c5ccc6ccccc6c5)c43)cc2)c2cccc3ccccc23)cc1. The number of fused-ring (bicyclic) bond motifs is 9. The van der Waals surface area contributed by atoms with Crippen LogP contribution >= 0.6 is 0 Å². The Bertz CT molecular complexity index is 3160. The summed E-state index contributed by atoms with van der Waals surface area (Å²) in [6, 6.07) is 72.7. The summed E-state index contributed by atoms with van der Waals surface area (Å²) in [4.78, 5) is 2.37. The fourth-order valence-corrected chi connectivity index (χ4v) is 8.53. The minimum Gasteiger partial charge on any atom is -0.310 e. The van der Waals surface area contributed by atoms with Crippen LogP contribution in [0, 0.1) is 0 Å². The van der Waals surface area contributed by atoms with E-state index in [1.54, 1.807) is 0 Å². The van der Waals surface area contributed by atoms with Crippen LogP contribution in [0.1, 0.15) is 0 Å². The molecule has 0 aliphatic heterocycles. The fraction of sp³-hybridized carbons (Fsp3) is 0. The molecule has 53 heavy (non-hydrogen) atoms. The Balaban J connectivity index is 1.16. The lowest BCUT2D eigenvalue weighted by Gasteiger charge is -2.27. The smallest absolute Gasteiger partial charge is 0.0641 e. The van der Waals surface area contributed by atoms with E-state index in [1.165, 1.54) is 65.2 Å². The van der Waals surface area contributed by atoms with E-state index >= 15 is 0 Å². The van der Waals surface area contributed by atoms with Gasteiger partial charge in [-0.15, -0.1) is 0 Å². The highest BCUT2D eigenvalue weighted by atomic mass is 15.1. The summed E-state index contributed by atoms with van der Waals surface area (Å²) in [6.07, 6.45) is 0. The van der Waals surface area contributed by atoms with E-state index in [-0.39, 0.29) is 0 Å². The standard InChI is InChI=1S/C50H33N3/c1-2-17-37(18-3-1)51(45-24-12-16-35-14-6-7-19-41(35)45)38-27-29-39(30-28-38)53-46-22-10-8-20-42(46)43-31-32-48-49(50(43)53)44-21-9-11-23-47(44)52(48)40-26-25-34-13-4-5-15-36(34)33-40/h1-33H. The number of nitrogens with zero attached hydrogens (tertiary/aromatic N) is 3. The molecule has 3 nitrogen and oxygen atoms in total. The average molecular weight is 676 g/mol. The van der Waals surface area contributed by atoms with Crippen molar-refractivity contribution in [2.24, 2.45) is 0 Å². The maximum atomic E-state index is 2.47. The number of para-hydroxylation sites is 3. The summed E-state index contributed by atoms with van der Waals surface area (Å²) in [6.45, 7) is 0. The third kappa shape index (κ3) is 4.54. The van der Waals surface area contributed by atoms with Gasteiger partial charge in [0.2, 0.25) is 0 Å². The summed E-state index contributed by atoms with van der Waals surface area (Å²) in [7, 11) is 0. The Morgan fingerprint density at radius 2 is 0.925 bits per heavy atom. The summed E-state index contributed by atoms with van der Waals surface area (Å²) in [5.41, 5.74) is 10.5. The van der Waals surface area contributed by atoms with Crippen LogP contribution in [0.2, 0.25) is 0 Å². The highest BCUT2D eigenvalue weighted by Gasteiger charge is 2.21. The molecule has 2 heterocycles. The van der Waals surface area contributed by atoms with Gasteiger partial charge in [-0.2, -0.15) is 0 Å². The van der Waals surface area contributed by atoms with Crippen molar-refractivity contribution in [3.05, 3.63) is 200 Å². The van der Waals surface area contributed by atoms with Gasteiger partial charge in [-0.05, 0) is 89.0 Å². The zero-order valence-corrected chi connectivity index (χ0v) is 28.9. The quantitative estimate of drug-likeness (QED) is 0.177. The van der Waals surface area contributed by atoms with E-state index in [9.17, 15) is 0 Å². The average Bonchev–Trinajstić information content (AvgIpc) is 3.75. The van der Waals surface area contributed by atoms with Gasteiger partial charge in [0, 0.05) is 49.7 Å². The third-order valence-corrected chi connectivity index (χ3v) is 10.8. The topological polar surface area (TPSA) is 13.1 Å². The predicted octanol–water partition coefficient (Wildman–Crippen LogP) is 13.7. The Labute approximate surface area is 306 Å². The summed E-state index contributed by atoms with van der Waals surface area (Å²) >= 11 is 0. The lowest BCUT2D eigenvalue weighted by atomic mass is 10.1. The van der Waals surface area contributed by atoms with Gasteiger partial charge >= 0.3 is 0 Å². The van der Waals surface area contributed by atoms with E-state index in [4.69, 9.17) is 0 Å². The van der Waals surface area contributed by atoms with Crippen LogP contribution in [-0.4, -0.2) is 9.13 Å². The third-order valence-electron chi connectivity index (χ3n) is 10.8. The van der Waals surface area contributed by atoms with E-state index in [0.29, 0.717) is 0 Å². The van der Waals surface area contributed by atoms with Crippen molar-refractivity contribution in [1.82, 2.24) is 9.13 Å². The molecule has 0 aliphatic carbocycles. The maximum Gasteiger partial charge on any atom is 0.0641 e. The summed E-state index contributed by atoms with van der Waals surface area (Å²) in [5.74, 6) is 0. The lowest BCUT2D eigenvalue weighted by molar-refractivity contribution is 1.17. The number of aromatic nitrogens is 2. The minimum absolute atomic E-state index is 1.11. The van der Waals surface area contributed by atoms with Crippen LogP contribution in [0.3, 0.4) is 0 Å². The molecule has 3 heteroatoms. The molecular weight excluding hydrogens is 643 g/mol. The van der Waals surface area contributed by atoms with Gasteiger partial charge in [0.15, 0.2) is 0 Å². The minimum atomic E-state index is 1.11. The molecule has 0 radical (unpaired) electrons. The molecule has 11 aromatic rings. The molecule has 0 saturated heterocycles. The molecule has 9 aromatic carbocycles. The zero-order valence-electron chi connectivity index (χ0n) is 28.9. The molecule has 0 amide bonds. The molecule has 0 unspecified atom stereocenters. The monoisotopic (exact) mass is 675 g/mol. The molecule has 0 bridgehead atoms. The van der Waals surface area contributed by atoms with Gasteiger partial charge in [0.25, 0.3) is 0 Å². The second kappa shape index (κ2) is 11.7. The van der Waals surface area contributed by atoms with Crippen molar-refractivity contribution in [2.75, 3.05) is 4.90 Å². The first-order valence-electron chi connectivity index (χ1n) is 18.2.